The van der Waals surface area contributed by atoms with E-state index in [2.05, 4.69) is 21.5 Å². The summed E-state index contributed by atoms with van der Waals surface area (Å²) in [5.41, 5.74) is 5.10. The van der Waals surface area contributed by atoms with Gasteiger partial charge in [0.05, 0.1) is 5.92 Å². The topological polar surface area (TPSA) is 132 Å². The summed E-state index contributed by atoms with van der Waals surface area (Å²) in [7, 11) is 0. The number of alkyl carbamates (subject to hydrolysis) is 1. The van der Waals surface area contributed by atoms with E-state index in [0.717, 1.165) is 12.8 Å². The largest absolute Gasteiger partial charge is 0.481 e. The van der Waals surface area contributed by atoms with E-state index >= 15 is 0 Å². The number of carbonyl (C=O) groups is 2. The molecule has 0 aliphatic heterocycles. The molecular formula is C18H36N4O5. The van der Waals surface area contributed by atoms with Gasteiger partial charge in [-0.3, -0.25) is 15.5 Å². The molecule has 0 bridgehead atoms. The molecular weight excluding hydrogens is 352 g/mol. The highest BCUT2D eigenvalue weighted by atomic mass is 16.6. The second-order valence-electron chi connectivity index (χ2n) is 8.14. The standard InChI is InChI=1S/C18H36N4O5/c1-5-14(21-17(26)27-18(2,3)4)11-20-22-16(25)19-10-12-6-8-13(9-7-12)15(23)24/h12-14,16,19-20,22,25H,5-11H2,1-4H3,(H,21,26)(H,23,24)/t12?,13?,14-,16?/m0/s1. The number of amides is 1. The van der Waals surface area contributed by atoms with Crippen LogP contribution in [0.1, 0.15) is 59.8 Å². The van der Waals surface area contributed by atoms with Crippen LogP contribution in [0.4, 0.5) is 4.79 Å². The van der Waals surface area contributed by atoms with Crippen LogP contribution in [0.5, 0.6) is 0 Å². The number of carbonyl (C=O) groups excluding carboxylic acids is 1. The molecule has 9 nitrogen and oxygen atoms in total. The Morgan fingerprint density at radius 1 is 1.19 bits per heavy atom. The van der Waals surface area contributed by atoms with Crippen LogP contribution in [0.15, 0.2) is 0 Å². The second kappa shape index (κ2) is 11.4. The third-order valence-corrected chi connectivity index (χ3v) is 4.60. The molecule has 0 saturated heterocycles. The van der Waals surface area contributed by atoms with Crippen LogP contribution in [0, 0.1) is 11.8 Å². The first-order valence-electron chi connectivity index (χ1n) is 9.72. The monoisotopic (exact) mass is 388 g/mol. The summed E-state index contributed by atoms with van der Waals surface area (Å²) in [6.07, 6.45) is 2.40. The lowest BCUT2D eigenvalue weighted by Crippen LogP contribution is -2.54. The molecule has 1 saturated carbocycles. The van der Waals surface area contributed by atoms with Gasteiger partial charge in [0.15, 0.2) is 6.35 Å². The molecule has 1 amide bonds. The average molecular weight is 389 g/mol. The Morgan fingerprint density at radius 2 is 1.81 bits per heavy atom. The quantitative estimate of drug-likeness (QED) is 0.243. The van der Waals surface area contributed by atoms with Gasteiger partial charge in [-0.2, -0.15) is 0 Å². The zero-order valence-electron chi connectivity index (χ0n) is 16.9. The van der Waals surface area contributed by atoms with Crippen LogP contribution in [-0.4, -0.2) is 53.4 Å². The molecule has 27 heavy (non-hydrogen) atoms. The van der Waals surface area contributed by atoms with E-state index in [1.165, 1.54) is 0 Å². The predicted molar refractivity (Wildman–Crippen MR) is 102 cm³/mol. The third-order valence-electron chi connectivity index (χ3n) is 4.60. The number of hydrazine groups is 1. The molecule has 9 heteroatoms. The predicted octanol–water partition coefficient (Wildman–Crippen LogP) is 1.14. The Bertz CT molecular complexity index is 461. The Balaban J connectivity index is 2.17. The number of aliphatic hydroxyl groups excluding tert-OH is 1. The van der Waals surface area contributed by atoms with E-state index in [0.29, 0.717) is 38.3 Å². The molecule has 0 aromatic rings. The number of ether oxygens (including phenoxy) is 1. The van der Waals surface area contributed by atoms with Crippen molar-refractivity contribution in [3.8, 4) is 0 Å². The lowest BCUT2D eigenvalue weighted by molar-refractivity contribution is -0.143. The van der Waals surface area contributed by atoms with Gasteiger partial charge in [-0.15, -0.1) is 0 Å². The minimum atomic E-state index is -0.929. The van der Waals surface area contributed by atoms with Gasteiger partial charge >= 0.3 is 12.1 Å². The van der Waals surface area contributed by atoms with Crippen molar-refractivity contribution in [2.24, 2.45) is 11.8 Å². The first-order chi connectivity index (χ1) is 12.6. The summed E-state index contributed by atoms with van der Waals surface area (Å²) in [5.74, 6) is -0.568. The van der Waals surface area contributed by atoms with Gasteiger partial charge in [0.1, 0.15) is 5.60 Å². The van der Waals surface area contributed by atoms with Gasteiger partial charge < -0.3 is 20.3 Å². The van der Waals surface area contributed by atoms with Crippen LogP contribution >= 0.6 is 0 Å². The van der Waals surface area contributed by atoms with E-state index in [4.69, 9.17) is 9.84 Å². The molecule has 6 N–H and O–H groups in total. The van der Waals surface area contributed by atoms with Crippen molar-refractivity contribution in [1.82, 2.24) is 21.5 Å². The SMILES string of the molecule is CC[C@@H](CNNC(O)NCC1CCC(C(=O)O)CC1)NC(=O)OC(C)(C)C. The fraction of sp³-hybridized carbons (Fsp3) is 0.889. The van der Waals surface area contributed by atoms with Crippen molar-refractivity contribution in [3.63, 3.8) is 0 Å². The highest BCUT2D eigenvalue weighted by Crippen LogP contribution is 2.28. The Morgan fingerprint density at radius 3 is 2.33 bits per heavy atom. The summed E-state index contributed by atoms with van der Waals surface area (Å²) in [5, 5.41) is 24.7. The minimum absolute atomic E-state index is 0.133. The second-order valence-corrected chi connectivity index (χ2v) is 8.14. The highest BCUT2D eigenvalue weighted by Gasteiger charge is 2.26. The summed E-state index contributed by atoms with van der Waals surface area (Å²) in [6, 6.07) is -0.133. The van der Waals surface area contributed by atoms with Crippen molar-refractivity contribution in [2.45, 2.75) is 77.8 Å². The van der Waals surface area contributed by atoms with Gasteiger partial charge in [0, 0.05) is 19.1 Å². The highest BCUT2D eigenvalue weighted by molar-refractivity contribution is 5.70. The summed E-state index contributed by atoms with van der Waals surface area (Å²) >= 11 is 0. The van der Waals surface area contributed by atoms with Gasteiger partial charge in [-0.25, -0.2) is 10.2 Å². The van der Waals surface area contributed by atoms with Crippen LogP contribution in [0.3, 0.4) is 0 Å². The number of carboxylic acid groups (broad SMARTS) is 1. The zero-order chi connectivity index (χ0) is 20.4. The van der Waals surface area contributed by atoms with E-state index in [9.17, 15) is 14.7 Å². The van der Waals surface area contributed by atoms with Crippen molar-refractivity contribution in [3.05, 3.63) is 0 Å². The van der Waals surface area contributed by atoms with E-state index in [-0.39, 0.29) is 12.0 Å². The van der Waals surface area contributed by atoms with Crippen molar-refractivity contribution >= 4 is 12.1 Å². The maximum atomic E-state index is 11.8. The van der Waals surface area contributed by atoms with Crippen molar-refractivity contribution < 1.29 is 24.5 Å². The zero-order valence-corrected chi connectivity index (χ0v) is 16.9. The van der Waals surface area contributed by atoms with Gasteiger partial charge in [0.25, 0.3) is 0 Å². The maximum absolute atomic E-state index is 11.8. The van der Waals surface area contributed by atoms with E-state index in [1.54, 1.807) is 0 Å². The van der Waals surface area contributed by atoms with Crippen molar-refractivity contribution in [2.75, 3.05) is 13.1 Å². The first-order valence-corrected chi connectivity index (χ1v) is 9.72. The van der Waals surface area contributed by atoms with E-state index < -0.39 is 24.0 Å². The average Bonchev–Trinajstić information content (AvgIpc) is 2.57. The molecule has 0 spiro atoms. The van der Waals surface area contributed by atoms with Gasteiger partial charge in [-0.05, 0) is 58.8 Å². The van der Waals surface area contributed by atoms with Gasteiger partial charge in [0.2, 0.25) is 0 Å². The molecule has 2 atom stereocenters. The molecule has 0 heterocycles. The maximum Gasteiger partial charge on any atom is 0.407 e. The summed E-state index contributed by atoms with van der Waals surface area (Å²) < 4.78 is 5.23. The Labute approximate surface area is 161 Å². The molecule has 158 valence electrons. The van der Waals surface area contributed by atoms with Crippen molar-refractivity contribution in [1.29, 1.82) is 0 Å². The number of aliphatic carboxylic acids is 1. The smallest absolute Gasteiger partial charge is 0.407 e. The van der Waals surface area contributed by atoms with Crippen LogP contribution in [0.2, 0.25) is 0 Å². The summed E-state index contributed by atoms with van der Waals surface area (Å²) in [4.78, 5) is 22.7. The Hall–Kier alpha value is -1.42. The summed E-state index contributed by atoms with van der Waals surface area (Å²) in [6.45, 7) is 8.43. The Kier molecular flexibility index (Phi) is 10.00. The molecule has 1 fully saturated rings. The normalized spacial score (nSPS) is 22.7. The minimum Gasteiger partial charge on any atom is -0.481 e. The number of nitrogens with one attached hydrogen (secondary N) is 4. The van der Waals surface area contributed by atoms with Crippen LogP contribution in [-0.2, 0) is 9.53 Å². The number of carboxylic acids is 1. The van der Waals surface area contributed by atoms with Crippen LogP contribution < -0.4 is 21.5 Å². The number of aliphatic hydroxyl groups is 1. The molecule has 0 aromatic heterocycles. The molecule has 0 radical (unpaired) electrons. The lowest BCUT2D eigenvalue weighted by atomic mass is 9.82. The number of hydrogen-bond donors (Lipinski definition) is 6. The lowest BCUT2D eigenvalue weighted by Gasteiger charge is -2.27. The van der Waals surface area contributed by atoms with E-state index in [1.807, 2.05) is 27.7 Å². The first kappa shape index (κ1) is 23.6. The molecule has 1 rings (SSSR count). The molecule has 0 aromatic carbocycles. The number of hydrogen-bond acceptors (Lipinski definition) is 7. The van der Waals surface area contributed by atoms with Crippen LogP contribution in [0.25, 0.3) is 0 Å². The molecule has 1 unspecified atom stereocenters. The third kappa shape index (κ3) is 10.5. The number of rotatable bonds is 10. The fourth-order valence-electron chi connectivity index (χ4n) is 2.99. The molecule has 1 aliphatic carbocycles. The van der Waals surface area contributed by atoms with Gasteiger partial charge in [-0.1, -0.05) is 6.92 Å². The fourth-order valence-corrected chi connectivity index (χ4v) is 2.99. The molecule has 1 aliphatic rings.